The molecule has 32 heavy (non-hydrogen) atoms. The highest BCUT2D eigenvalue weighted by atomic mass is 16.5. The molecule has 0 spiro atoms. The van der Waals surface area contributed by atoms with Gasteiger partial charge in [0.1, 0.15) is 12.4 Å². The number of ketones is 1. The number of ether oxygens (including phenoxy) is 2. The number of para-hydroxylation sites is 1. The standard InChI is InChI=1S/C27H25NO4/c1-4-18-9-11-19(12-10-18)16-32-27(30)22-15-23-24(28-17(22)2)13-20(14-25(23)29)21-7-5-6-8-26(21)31-3/h1,5-12,20,28H,13-16H2,2-3H3/t20-/m1/s1. The third kappa shape index (κ3) is 4.31. The Morgan fingerprint density at radius 1 is 1.16 bits per heavy atom. The van der Waals surface area contributed by atoms with E-state index >= 15 is 0 Å². The maximum Gasteiger partial charge on any atom is 0.336 e. The highest BCUT2D eigenvalue weighted by molar-refractivity contribution is 6.01. The molecule has 1 N–H and O–H groups in total. The molecule has 0 fully saturated rings. The van der Waals surface area contributed by atoms with Crippen LogP contribution in [0.3, 0.4) is 0 Å². The van der Waals surface area contributed by atoms with Crippen molar-refractivity contribution in [2.45, 2.75) is 38.7 Å². The van der Waals surface area contributed by atoms with Crippen LogP contribution in [0.5, 0.6) is 5.75 Å². The van der Waals surface area contributed by atoms with Crippen LogP contribution in [0.2, 0.25) is 0 Å². The second kappa shape index (κ2) is 9.15. The molecule has 2 aliphatic rings. The summed E-state index contributed by atoms with van der Waals surface area (Å²) in [4.78, 5) is 25.7. The Morgan fingerprint density at radius 3 is 2.62 bits per heavy atom. The summed E-state index contributed by atoms with van der Waals surface area (Å²) in [5.74, 6) is 3.03. The number of carbonyl (C=O) groups is 2. The van der Waals surface area contributed by atoms with E-state index in [-0.39, 0.29) is 18.3 Å². The normalized spacial score (nSPS) is 17.9. The van der Waals surface area contributed by atoms with E-state index < -0.39 is 5.97 Å². The van der Waals surface area contributed by atoms with Crippen molar-refractivity contribution >= 4 is 11.8 Å². The predicted octanol–water partition coefficient (Wildman–Crippen LogP) is 4.39. The van der Waals surface area contributed by atoms with E-state index in [0.717, 1.165) is 33.8 Å². The van der Waals surface area contributed by atoms with Gasteiger partial charge in [0.05, 0.1) is 12.7 Å². The second-order valence-electron chi connectivity index (χ2n) is 8.05. The van der Waals surface area contributed by atoms with E-state index in [0.29, 0.717) is 30.4 Å². The number of terminal acetylenes is 1. The summed E-state index contributed by atoms with van der Waals surface area (Å²) in [5, 5.41) is 3.30. The van der Waals surface area contributed by atoms with Crippen LogP contribution in [0.15, 0.2) is 71.1 Å². The molecule has 0 aromatic heterocycles. The predicted molar refractivity (Wildman–Crippen MR) is 122 cm³/mol. The first kappa shape index (κ1) is 21.5. The van der Waals surface area contributed by atoms with Gasteiger partial charge in [0.15, 0.2) is 5.78 Å². The number of nitrogens with one attached hydrogen (secondary N) is 1. The lowest BCUT2D eigenvalue weighted by atomic mass is 9.78. The molecule has 0 saturated carbocycles. The Kier molecular flexibility index (Phi) is 6.13. The molecule has 4 rings (SSSR count). The zero-order chi connectivity index (χ0) is 22.7. The summed E-state index contributed by atoms with van der Waals surface area (Å²) < 4.78 is 11.0. The summed E-state index contributed by atoms with van der Waals surface area (Å²) >= 11 is 0. The first-order valence-electron chi connectivity index (χ1n) is 10.6. The molecule has 2 aromatic carbocycles. The van der Waals surface area contributed by atoms with Crippen molar-refractivity contribution in [1.29, 1.82) is 0 Å². The topological polar surface area (TPSA) is 64.6 Å². The summed E-state index contributed by atoms with van der Waals surface area (Å²) in [6.45, 7) is 2.00. The molecule has 0 amide bonds. The Morgan fingerprint density at radius 2 is 1.91 bits per heavy atom. The van der Waals surface area contributed by atoms with Crippen molar-refractivity contribution in [3.05, 3.63) is 87.8 Å². The van der Waals surface area contributed by atoms with Crippen molar-refractivity contribution in [3.63, 3.8) is 0 Å². The van der Waals surface area contributed by atoms with Crippen LogP contribution >= 0.6 is 0 Å². The van der Waals surface area contributed by atoms with Crippen LogP contribution in [0.25, 0.3) is 0 Å². The van der Waals surface area contributed by atoms with Gasteiger partial charge in [0.25, 0.3) is 0 Å². The van der Waals surface area contributed by atoms with Gasteiger partial charge in [0, 0.05) is 41.3 Å². The van der Waals surface area contributed by atoms with Gasteiger partial charge >= 0.3 is 5.97 Å². The van der Waals surface area contributed by atoms with Crippen molar-refractivity contribution in [1.82, 2.24) is 5.32 Å². The molecular formula is C27H25NO4. The molecular weight excluding hydrogens is 402 g/mol. The average Bonchev–Trinajstić information content (AvgIpc) is 2.82. The van der Waals surface area contributed by atoms with Gasteiger partial charge in [-0.05, 0) is 42.7 Å². The van der Waals surface area contributed by atoms with E-state index in [1.165, 1.54) is 0 Å². The molecule has 2 aromatic rings. The summed E-state index contributed by atoms with van der Waals surface area (Å²) in [6.07, 6.45) is 6.75. The van der Waals surface area contributed by atoms with Crippen LogP contribution in [-0.2, 0) is 20.9 Å². The Hall–Kier alpha value is -3.78. The number of esters is 1. The van der Waals surface area contributed by atoms with Crippen LogP contribution in [-0.4, -0.2) is 18.9 Å². The van der Waals surface area contributed by atoms with E-state index in [9.17, 15) is 9.59 Å². The molecule has 0 bridgehead atoms. The molecule has 1 heterocycles. The van der Waals surface area contributed by atoms with E-state index in [1.807, 2.05) is 55.5 Å². The number of dihydropyridines is 1. The van der Waals surface area contributed by atoms with Crippen LogP contribution in [0, 0.1) is 12.3 Å². The molecule has 5 nitrogen and oxygen atoms in total. The quantitative estimate of drug-likeness (QED) is 0.566. The lowest BCUT2D eigenvalue weighted by Crippen LogP contribution is -2.31. The van der Waals surface area contributed by atoms with Gasteiger partial charge in [-0.25, -0.2) is 4.79 Å². The first-order valence-corrected chi connectivity index (χ1v) is 10.6. The third-order valence-electron chi connectivity index (χ3n) is 6.04. The molecule has 0 saturated heterocycles. The average molecular weight is 428 g/mol. The number of rotatable bonds is 5. The van der Waals surface area contributed by atoms with Crippen LogP contribution < -0.4 is 10.1 Å². The Bertz CT molecular complexity index is 1160. The van der Waals surface area contributed by atoms with Crippen molar-refractivity contribution in [3.8, 4) is 18.1 Å². The minimum Gasteiger partial charge on any atom is -0.496 e. The van der Waals surface area contributed by atoms with E-state index in [1.54, 1.807) is 7.11 Å². The first-order chi connectivity index (χ1) is 15.5. The van der Waals surface area contributed by atoms with Crippen molar-refractivity contribution < 1.29 is 19.1 Å². The Balaban J connectivity index is 1.46. The fraction of sp³-hybridized carbons (Fsp3) is 0.259. The molecule has 1 aliphatic heterocycles. The third-order valence-corrected chi connectivity index (χ3v) is 6.04. The fourth-order valence-electron chi connectivity index (χ4n) is 4.28. The highest BCUT2D eigenvalue weighted by Gasteiger charge is 2.34. The number of hydrogen-bond donors (Lipinski definition) is 1. The van der Waals surface area contributed by atoms with Gasteiger partial charge in [0.2, 0.25) is 0 Å². The molecule has 1 atom stereocenters. The molecule has 1 aliphatic carbocycles. The van der Waals surface area contributed by atoms with Gasteiger partial charge < -0.3 is 14.8 Å². The largest absolute Gasteiger partial charge is 0.496 e. The van der Waals surface area contributed by atoms with Gasteiger partial charge in [-0.15, -0.1) is 6.42 Å². The summed E-state index contributed by atoms with van der Waals surface area (Å²) in [7, 11) is 1.64. The SMILES string of the molecule is C#Cc1ccc(COC(=O)C2=C(C)NC3=C(C2)C(=O)C[C@H](c2ccccc2OC)C3)cc1. The minimum atomic E-state index is -0.415. The smallest absolute Gasteiger partial charge is 0.336 e. The Labute approximate surface area is 188 Å². The zero-order valence-electron chi connectivity index (χ0n) is 18.2. The number of benzene rings is 2. The number of carbonyl (C=O) groups excluding carboxylic acids is 2. The maximum absolute atomic E-state index is 13.0. The van der Waals surface area contributed by atoms with E-state index in [4.69, 9.17) is 15.9 Å². The highest BCUT2D eigenvalue weighted by Crippen LogP contribution is 2.41. The fourth-order valence-corrected chi connectivity index (χ4v) is 4.28. The van der Waals surface area contributed by atoms with Crippen LogP contribution in [0.1, 0.15) is 48.8 Å². The molecule has 0 unspecified atom stereocenters. The van der Waals surface area contributed by atoms with Gasteiger partial charge in [-0.2, -0.15) is 0 Å². The van der Waals surface area contributed by atoms with Gasteiger partial charge in [-0.3, -0.25) is 4.79 Å². The minimum absolute atomic E-state index is 0.0391. The maximum atomic E-state index is 13.0. The monoisotopic (exact) mass is 427 g/mol. The molecule has 0 radical (unpaired) electrons. The number of methoxy groups -OCH3 is 1. The number of Topliss-reactive ketones (excluding diaryl/α,β-unsaturated/α-hetero) is 1. The van der Waals surface area contributed by atoms with Crippen molar-refractivity contribution in [2.24, 2.45) is 0 Å². The molecule has 162 valence electrons. The number of allylic oxidation sites excluding steroid dienone is 3. The number of hydrogen-bond acceptors (Lipinski definition) is 5. The lowest BCUT2D eigenvalue weighted by Gasteiger charge is -2.32. The molecule has 5 heteroatoms. The second-order valence-corrected chi connectivity index (χ2v) is 8.05. The lowest BCUT2D eigenvalue weighted by molar-refractivity contribution is -0.140. The van der Waals surface area contributed by atoms with E-state index in [2.05, 4.69) is 11.2 Å². The zero-order valence-corrected chi connectivity index (χ0v) is 18.2. The van der Waals surface area contributed by atoms with Crippen molar-refractivity contribution in [2.75, 3.05) is 7.11 Å². The summed E-state index contributed by atoms with van der Waals surface area (Å²) in [5.41, 5.74) is 5.44. The summed E-state index contributed by atoms with van der Waals surface area (Å²) in [6, 6.07) is 15.1. The van der Waals surface area contributed by atoms with Crippen LogP contribution in [0.4, 0.5) is 0 Å². The van der Waals surface area contributed by atoms with Gasteiger partial charge in [-0.1, -0.05) is 36.3 Å².